The third-order valence-corrected chi connectivity index (χ3v) is 4.33. The van der Waals surface area contributed by atoms with Crippen LogP contribution in [0.3, 0.4) is 0 Å². The van der Waals surface area contributed by atoms with Gasteiger partial charge in [-0.05, 0) is 19.1 Å². The first-order valence-corrected chi connectivity index (χ1v) is 7.77. The summed E-state index contributed by atoms with van der Waals surface area (Å²) < 4.78 is 2.14. The second-order valence-electron chi connectivity index (χ2n) is 6.13. The molecule has 0 radical (unpaired) electrons. The van der Waals surface area contributed by atoms with Gasteiger partial charge in [-0.3, -0.25) is 23.5 Å². The van der Waals surface area contributed by atoms with Crippen LogP contribution in [0.2, 0.25) is 0 Å². The van der Waals surface area contributed by atoms with Crippen molar-refractivity contribution in [3.05, 3.63) is 56.2 Å². The highest BCUT2D eigenvalue weighted by Crippen LogP contribution is 2.31. The summed E-state index contributed by atoms with van der Waals surface area (Å²) in [4.78, 5) is 48.9. The van der Waals surface area contributed by atoms with E-state index in [1.54, 1.807) is 12.1 Å². The second-order valence-corrected chi connectivity index (χ2v) is 6.13. The van der Waals surface area contributed by atoms with Gasteiger partial charge in [-0.1, -0.05) is 17.7 Å². The number of carbonyl (C=O) groups excluding carboxylic acids is 2. The molecule has 2 aromatic rings. The van der Waals surface area contributed by atoms with E-state index in [1.165, 1.54) is 18.7 Å². The summed E-state index contributed by atoms with van der Waals surface area (Å²) >= 11 is 0. The van der Waals surface area contributed by atoms with Crippen molar-refractivity contribution in [2.75, 3.05) is 10.6 Å². The maximum atomic E-state index is 12.4. The van der Waals surface area contributed by atoms with E-state index in [0.717, 1.165) is 10.1 Å². The summed E-state index contributed by atoms with van der Waals surface area (Å²) in [6.07, 6.45) is -0.180. The van der Waals surface area contributed by atoms with Gasteiger partial charge in [0.1, 0.15) is 5.82 Å². The first-order chi connectivity index (χ1) is 11.8. The molecule has 0 spiro atoms. The van der Waals surface area contributed by atoms with Crippen molar-refractivity contribution >= 4 is 23.3 Å². The van der Waals surface area contributed by atoms with Gasteiger partial charge in [0.05, 0.1) is 11.5 Å². The second kappa shape index (κ2) is 6.04. The maximum absolute atomic E-state index is 12.4. The van der Waals surface area contributed by atoms with Crippen LogP contribution in [0.5, 0.6) is 0 Å². The Morgan fingerprint density at radius 1 is 1.12 bits per heavy atom. The number of hydrogen-bond donors (Lipinski definition) is 2. The molecule has 8 heteroatoms. The van der Waals surface area contributed by atoms with E-state index in [4.69, 9.17) is 0 Å². The Balaban J connectivity index is 1.89. The molecule has 3 rings (SSSR count). The van der Waals surface area contributed by atoms with E-state index >= 15 is 0 Å². The van der Waals surface area contributed by atoms with Crippen molar-refractivity contribution in [3.8, 4) is 0 Å². The molecule has 0 saturated heterocycles. The Kier molecular flexibility index (Phi) is 4.03. The van der Waals surface area contributed by atoms with Crippen molar-refractivity contribution < 1.29 is 9.59 Å². The molecule has 1 unspecified atom stereocenters. The van der Waals surface area contributed by atoms with Crippen molar-refractivity contribution in [2.24, 2.45) is 14.1 Å². The fraction of sp³-hybridized carbons (Fsp3) is 0.294. The van der Waals surface area contributed by atoms with Crippen molar-refractivity contribution in [1.29, 1.82) is 0 Å². The number of anilines is 2. The van der Waals surface area contributed by atoms with E-state index in [9.17, 15) is 19.2 Å². The zero-order valence-corrected chi connectivity index (χ0v) is 14.1. The molecule has 2 amide bonds. The first-order valence-electron chi connectivity index (χ1n) is 7.77. The van der Waals surface area contributed by atoms with E-state index in [1.807, 2.05) is 19.1 Å². The lowest BCUT2D eigenvalue weighted by atomic mass is 9.99. The summed E-state index contributed by atoms with van der Waals surface area (Å²) in [7, 11) is 2.81. The molecule has 0 saturated carbocycles. The molecule has 1 atom stereocenters. The Morgan fingerprint density at radius 2 is 1.76 bits per heavy atom. The Hall–Kier alpha value is -3.16. The van der Waals surface area contributed by atoms with Gasteiger partial charge in [0, 0.05) is 26.2 Å². The number of amides is 2. The SMILES string of the molecule is Cc1ccc(NC(=O)CC2C(=O)Nc3c2c(=O)n(C)c(=O)n3C)cc1. The van der Waals surface area contributed by atoms with Gasteiger partial charge in [-0.25, -0.2) is 4.79 Å². The molecule has 0 fully saturated rings. The standard InChI is InChI=1S/C17H18N4O4/c1-9-4-6-10(7-5-9)18-12(22)8-11-13-14(19-15(11)23)20(2)17(25)21(3)16(13)24/h4-7,11H,8H2,1-3H3,(H,18,22)(H,19,23). The van der Waals surface area contributed by atoms with E-state index in [2.05, 4.69) is 10.6 Å². The Morgan fingerprint density at radius 3 is 2.40 bits per heavy atom. The zero-order chi connectivity index (χ0) is 18.3. The van der Waals surface area contributed by atoms with Crippen LogP contribution in [-0.4, -0.2) is 20.9 Å². The fourth-order valence-electron chi connectivity index (χ4n) is 2.90. The van der Waals surface area contributed by atoms with E-state index in [0.29, 0.717) is 5.69 Å². The van der Waals surface area contributed by atoms with Crippen LogP contribution < -0.4 is 21.9 Å². The number of carbonyl (C=O) groups is 2. The van der Waals surface area contributed by atoms with Crippen molar-refractivity contribution in [1.82, 2.24) is 9.13 Å². The van der Waals surface area contributed by atoms with Gasteiger partial charge in [0.15, 0.2) is 0 Å². The predicted molar refractivity (Wildman–Crippen MR) is 92.7 cm³/mol. The molecule has 1 aromatic heterocycles. The molecule has 0 bridgehead atoms. The minimum absolute atomic E-state index is 0.147. The topological polar surface area (TPSA) is 102 Å². The summed E-state index contributed by atoms with van der Waals surface area (Å²) in [5.41, 5.74) is 0.723. The molecular formula is C17H18N4O4. The van der Waals surface area contributed by atoms with Crippen LogP contribution >= 0.6 is 0 Å². The third kappa shape index (κ3) is 2.86. The molecule has 1 aliphatic heterocycles. The minimum atomic E-state index is -0.925. The maximum Gasteiger partial charge on any atom is 0.332 e. The summed E-state index contributed by atoms with van der Waals surface area (Å²) in [5.74, 6) is -1.61. The minimum Gasteiger partial charge on any atom is -0.326 e. The van der Waals surface area contributed by atoms with Gasteiger partial charge in [0.25, 0.3) is 5.56 Å². The van der Waals surface area contributed by atoms with Gasteiger partial charge in [-0.2, -0.15) is 0 Å². The molecular weight excluding hydrogens is 324 g/mol. The molecule has 0 aliphatic carbocycles. The highest BCUT2D eigenvalue weighted by atomic mass is 16.2. The quantitative estimate of drug-likeness (QED) is 0.846. The summed E-state index contributed by atoms with van der Waals surface area (Å²) in [6, 6.07) is 7.24. The zero-order valence-electron chi connectivity index (χ0n) is 14.1. The fourth-order valence-corrected chi connectivity index (χ4v) is 2.90. The lowest BCUT2D eigenvalue weighted by Crippen LogP contribution is -2.39. The Bertz CT molecular complexity index is 985. The summed E-state index contributed by atoms with van der Waals surface area (Å²) in [5, 5.41) is 5.24. The monoisotopic (exact) mass is 342 g/mol. The molecule has 1 aromatic carbocycles. The number of aryl methyl sites for hydroxylation is 1. The number of aromatic nitrogens is 2. The van der Waals surface area contributed by atoms with Crippen LogP contribution in [0.25, 0.3) is 0 Å². The molecule has 130 valence electrons. The predicted octanol–water partition coefficient (Wildman–Crippen LogP) is 0.457. The third-order valence-electron chi connectivity index (χ3n) is 4.33. The smallest absolute Gasteiger partial charge is 0.326 e. The van der Waals surface area contributed by atoms with Crippen molar-refractivity contribution in [2.45, 2.75) is 19.3 Å². The molecule has 25 heavy (non-hydrogen) atoms. The molecule has 8 nitrogen and oxygen atoms in total. The number of fused-ring (bicyclic) bond motifs is 1. The highest BCUT2D eigenvalue weighted by Gasteiger charge is 2.37. The normalized spacial score (nSPS) is 15.6. The number of nitrogens with zero attached hydrogens (tertiary/aromatic N) is 2. The van der Waals surface area contributed by atoms with Crippen LogP contribution in [-0.2, 0) is 23.7 Å². The average Bonchev–Trinajstić information content (AvgIpc) is 2.90. The number of rotatable bonds is 3. The largest absolute Gasteiger partial charge is 0.332 e. The van der Waals surface area contributed by atoms with Crippen LogP contribution in [0.15, 0.2) is 33.9 Å². The van der Waals surface area contributed by atoms with Gasteiger partial charge in [0.2, 0.25) is 11.8 Å². The van der Waals surface area contributed by atoms with Crippen LogP contribution in [0.1, 0.15) is 23.5 Å². The van der Waals surface area contributed by atoms with Crippen LogP contribution in [0, 0.1) is 6.92 Å². The molecule has 1 aliphatic rings. The Labute approximate surface area is 143 Å². The van der Waals surface area contributed by atoms with Gasteiger partial charge < -0.3 is 10.6 Å². The van der Waals surface area contributed by atoms with Gasteiger partial charge >= 0.3 is 5.69 Å². The number of nitrogens with one attached hydrogen (secondary N) is 2. The van der Waals surface area contributed by atoms with Crippen LogP contribution in [0.4, 0.5) is 11.5 Å². The average molecular weight is 342 g/mol. The van der Waals surface area contributed by atoms with Crippen molar-refractivity contribution in [3.63, 3.8) is 0 Å². The number of hydrogen-bond acceptors (Lipinski definition) is 4. The lowest BCUT2D eigenvalue weighted by Gasteiger charge is -2.11. The molecule has 2 heterocycles. The number of benzene rings is 1. The molecule has 2 N–H and O–H groups in total. The lowest BCUT2D eigenvalue weighted by molar-refractivity contribution is -0.122. The van der Waals surface area contributed by atoms with E-state index in [-0.39, 0.29) is 23.7 Å². The highest BCUT2D eigenvalue weighted by molar-refractivity contribution is 6.05. The summed E-state index contributed by atoms with van der Waals surface area (Å²) in [6.45, 7) is 1.94. The van der Waals surface area contributed by atoms with E-state index < -0.39 is 23.1 Å². The van der Waals surface area contributed by atoms with Gasteiger partial charge in [-0.15, -0.1) is 0 Å². The first kappa shape index (κ1) is 16.7.